The molecule has 1 heterocycles. The number of benzene rings is 1. The van der Waals surface area contributed by atoms with Crippen molar-refractivity contribution in [1.29, 1.82) is 0 Å². The maximum Gasteiger partial charge on any atom is 0.249 e. The first-order valence-corrected chi connectivity index (χ1v) is 5.65. The third-order valence-electron chi connectivity index (χ3n) is 2.95. The highest BCUT2D eigenvalue weighted by Crippen LogP contribution is 2.33. The van der Waals surface area contributed by atoms with Crippen molar-refractivity contribution in [2.75, 3.05) is 16.8 Å². The maximum atomic E-state index is 13.2. The van der Waals surface area contributed by atoms with Crippen LogP contribution < -0.4 is 10.2 Å². The zero-order valence-corrected chi connectivity index (χ0v) is 9.76. The molecule has 1 unspecified atom stereocenters. The molecule has 1 atom stereocenters. The molecule has 1 aliphatic heterocycles. The zero-order chi connectivity index (χ0) is 12.6. The molecule has 17 heavy (non-hydrogen) atoms. The van der Waals surface area contributed by atoms with E-state index >= 15 is 0 Å². The fourth-order valence-corrected chi connectivity index (χ4v) is 2.03. The number of halogens is 2. The number of carbonyl (C=O) groups excluding carboxylic acids is 1. The van der Waals surface area contributed by atoms with Gasteiger partial charge in [-0.05, 0) is 13.3 Å². The number of hydrogen-bond donors (Lipinski definition) is 1. The van der Waals surface area contributed by atoms with Crippen LogP contribution in [0.4, 0.5) is 20.2 Å². The Morgan fingerprint density at radius 2 is 1.94 bits per heavy atom. The van der Waals surface area contributed by atoms with Gasteiger partial charge in [0.05, 0.1) is 11.4 Å². The Balaban J connectivity index is 2.52. The van der Waals surface area contributed by atoms with Crippen LogP contribution in [0, 0.1) is 11.6 Å². The van der Waals surface area contributed by atoms with Crippen LogP contribution in [0.25, 0.3) is 0 Å². The summed E-state index contributed by atoms with van der Waals surface area (Å²) in [4.78, 5) is 13.5. The monoisotopic (exact) mass is 240 g/mol. The Morgan fingerprint density at radius 3 is 2.53 bits per heavy atom. The van der Waals surface area contributed by atoms with E-state index in [-0.39, 0.29) is 11.9 Å². The Labute approximate surface area is 98.4 Å². The average Bonchev–Trinajstić information content (AvgIpc) is 2.31. The van der Waals surface area contributed by atoms with Crippen molar-refractivity contribution in [1.82, 2.24) is 0 Å². The molecule has 1 N–H and O–H groups in total. The predicted octanol–water partition coefficient (Wildman–Crippen LogP) is 2.52. The summed E-state index contributed by atoms with van der Waals surface area (Å²) < 4.78 is 26.3. The second-order valence-corrected chi connectivity index (χ2v) is 3.97. The van der Waals surface area contributed by atoms with Crippen molar-refractivity contribution in [3.63, 3.8) is 0 Å². The van der Waals surface area contributed by atoms with Crippen LogP contribution in [0.5, 0.6) is 0 Å². The summed E-state index contributed by atoms with van der Waals surface area (Å²) in [5.41, 5.74) is 0.873. The lowest BCUT2D eigenvalue weighted by Gasteiger charge is -2.34. The normalized spacial score (nSPS) is 18.9. The van der Waals surface area contributed by atoms with Gasteiger partial charge < -0.3 is 10.2 Å². The lowest BCUT2D eigenvalue weighted by atomic mass is 10.1. The summed E-state index contributed by atoms with van der Waals surface area (Å²) in [5, 5.41) is 2.93. The molecule has 0 saturated carbocycles. The van der Waals surface area contributed by atoms with Crippen molar-refractivity contribution in [2.24, 2.45) is 0 Å². The number of anilines is 2. The van der Waals surface area contributed by atoms with Crippen LogP contribution in [-0.4, -0.2) is 18.5 Å². The van der Waals surface area contributed by atoms with E-state index in [1.807, 2.05) is 6.92 Å². The minimum Gasteiger partial charge on any atom is -0.372 e. The van der Waals surface area contributed by atoms with Crippen molar-refractivity contribution in [3.05, 3.63) is 23.8 Å². The van der Waals surface area contributed by atoms with E-state index in [0.29, 0.717) is 24.3 Å². The highest BCUT2D eigenvalue weighted by atomic mass is 19.2. The van der Waals surface area contributed by atoms with Crippen molar-refractivity contribution < 1.29 is 13.6 Å². The van der Waals surface area contributed by atoms with E-state index in [1.165, 1.54) is 4.90 Å². The summed E-state index contributed by atoms with van der Waals surface area (Å²) in [5.74, 6) is -1.95. The molecule has 0 bridgehead atoms. The molecule has 0 saturated heterocycles. The Kier molecular flexibility index (Phi) is 3.00. The molecule has 0 spiro atoms. The van der Waals surface area contributed by atoms with E-state index in [0.717, 1.165) is 12.1 Å². The van der Waals surface area contributed by atoms with Crippen LogP contribution in [0.15, 0.2) is 12.1 Å². The molecule has 2 rings (SSSR count). The van der Waals surface area contributed by atoms with Gasteiger partial charge in [-0.2, -0.15) is 0 Å². The van der Waals surface area contributed by atoms with Gasteiger partial charge in [-0.25, -0.2) is 8.78 Å². The van der Waals surface area contributed by atoms with E-state index in [2.05, 4.69) is 5.32 Å². The largest absolute Gasteiger partial charge is 0.372 e. The van der Waals surface area contributed by atoms with Crippen molar-refractivity contribution in [2.45, 2.75) is 26.3 Å². The van der Waals surface area contributed by atoms with Gasteiger partial charge in [0.1, 0.15) is 6.04 Å². The number of hydrogen-bond acceptors (Lipinski definition) is 2. The van der Waals surface area contributed by atoms with Crippen molar-refractivity contribution in [3.8, 4) is 0 Å². The maximum absolute atomic E-state index is 13.2. The average molecular weight is 240 g/mol. The van der Waals surface area contributed by atoms with Gasteiger partial charge >= 0.3 is 0 Å². The van der Waals surface area contributed by atoms with E-state index in [9.17, 15) is 13.6 Å². The van der Waals surface area contributed by atoms with Crippen LogP contribution in [0.2, 0.25) is 0 Å². The predicted molar refractivity (Wildman–Crippen MR) is 62.1 cm³/mol. The highest BCUT2D eigenvalue weighted by Gasteiger charge is 2.31. The van der Waals surface area contributed by atoms with Crippen molar-refractivity contribution >= 4 is 17.3 Å². The minimum atomic E-state index is -0.938. The molecule has 5 heteroatoms. The molecule has 1 aromatic rings. The zero-order valence-electron chi connectivity index (χ0n) is 9.76. The molecule has 0 aromatic heterocycles. The number of likely N-dealkylation sites (N-methyl/N-ethyl adjacent to an activating group) is 1. The summed E-state index contributed by atoms with van der Waals surface area (Å²) >= 11 is 0. The van der Waals surface area contributed by atoms with E-state index < -0.39 is 11.6 Å². The number of rotatable bonds is 2. The van der Waals surface area contributed by atoms with Gasteiger partial charge in [-0.15, -0.1) is 0 Å². The molecule has 1 aliphatic rings. The first-order valence-electron chi connectivity index (χ1n) is 5.65. The van der Waals surface area contributed by atoms with Gasteiger partial charge in [-0.3, -0.25) is 4.79 Å². The molecule has 0 fully saturated rings. The fraction of sp³-hybridized carbons (Fsp3) is 0.417. The first-order chi connectivity index (χ1) is 8.08. The molecule has 3 nitrogen and oxygen atoms in total. The topological polar surface area (TPSA) is 32.3 Å². The van der Waals surface area contributed by atoms with Crippen LogP contribution >= 0.6 is 0 Å². The van der Waals surface area contributed by atoms with Crippen LogP contribution in [0.3, 0.4) is 0 Å². The van der Waals surface area contributed by atoms with Gasteiger partial charge in [0.15, 0.2) is 11.6 Å². The Bertz CT molecular complexity index is 462. The highest BCUT2D eigenvalue weighted by molar-refractivity contribution is 6.04. The molecule has 1 aromatic carbocycles. The SMILES string of the molecule is CCC1Nc2cc(F)c(F)cc2N(CC)C1=O. The smallest absolute Gasteiger partial charge is 0.249 e. The molecule has 1 amide bonds. The lowest BCUT2D eigenvalue weighted by Crippen LogP contribution is -2.46. The molecular weight excluding hydrogens is 226 g/mol. The van der Waals surface area contributed by atoms with Crippen LogP contribution in [-0.2, 0) is 4.79 Å². The van der Waals surface area contributed by atoms with Crippen LogP contribution in [0.1, 0.15) is 20.3 Å². The van der Waals surface area contributed by atoms with E-state index in [4.69, 9.17) is 0 Å². The van der Waals surface area contributed by atoms with Gasteiger partial charge in [0, 0.05) is 18.7 Å². The third kappa shape index (κ3) is 1.85. The lowest BCUT2D eigenvalue weighted by molar-refractivity contribution is -0.119. The third-order valence-corrected chi connectivity index (χ3v) is 2.95. The van der Waals surface area contributed by atoms with Gasteiger partial charge in [0.2, 0.25) is 5.91 Å². The summed E-state index contributed by atoms with van der Waals surface area (Å²) in [7, 11) is 0. The second kappa shape index (κ2) is 4.31. The Hall–Kier alpha value is -1.65. The van der Waals surface area contributed by atoms with E-state index in [1.54, 1.807) is 6.92 Å². The number of carbonyl (C=O) groups is 1. The Morgan fingerprint density at radius 1 is 1.29 bits per heavy atom. The molecule has 0 aliphatic carbocycles. The van der Waals surface area contributed by atoms with Gasteiger partial charge in [0.25, 0.3) is 0 Å². The minimum absolute atomic E-state index is 0.103. The molecular formula is C12H14F2N2O. The number of fused-ring (bicyclic) bond motifs is 1. The summed E-state index contributed by atoms with van der Waals surface area (Å²) in [6, 6.07) is 1.79. The standard InChI is InChI=1S/C12H14F2N2O/c1-3-9-12(17)16(4-2)11-6-8(14)7(13)5-10(11)15-9/h5-6,9,15H,3-4H2,1-2H3. The number of amides is 1. The van der Waals surface area contributed by atoms with Gasteiger partial charge in [-0.1, -0.05) is 6.92 Å². The number of nitrogens with one attached hydrogen (secondary N) is 1. The molecule has 92 valence electrons. The number of nitrogens with zero attached hydrogens (tertiary/aromatic N) is 1. The molecule has 0 radical (unpaired) electrons. The fourth-order valence-electron chi connectivity index (χ4n) is 2.03. The summed E-state index contributed by atoms with van der Waals surface area (Å²) in [6.45, 7) is 4.12. The second-order valence-electron chi connectivity index (χ2n) is 3.97. The first kappa shape index (κ1) is 11.8. The quantitative estimate of drug-likeness (QED) is 0.861. The summed E-state index contributed by atoms with van der Waals surface area (Å²) in [6.07, 6.45) is 0.605.